The minimum atomic E-state index is 0.964. The Bertz CT molecular complexity index is 46.1. The lowest BCUT2D eigenvalue weighted by Crippen LogP contribution is -1.87. The Hall–Kier alpha value is 0. The average Bonchev–Trinajstić information content (AvgIpc) is 1.69. The van der Waals surface area contributed by atoms with Crippen molar-refractivity contribution in [1.29, 1.82) is 0 Å². The van der Waals surface area contributed by atoms with Crippen molar-refractivity contribution >= 4 is 0 Å². The predicted octanol–water partition coefficient (Wildman–Crippen LogP) is 2.15. The summed E-state index contributed by atoms with van der Waals surface area (Å²) >= 11 is 0. The van der Waals surface area contributed by atoms with Gasteiger partial charge in [-0.1, -0.05) is 32.1 Å². The van der Waals surface area contributed by atoms with Crippen molar-refractivity contribution in [3.05, 3.63) is 6.40 Å². The molecule has 0 atom stereocenters. The Morgan fingerprint density at radius 3 is 2.17 bits per heavy atom. The van der Waals surface area contributed by atoms with Gasteiger partial charge in [-0.15, -0.1) is 0 Å². The van der Waals surface area contributed by atoms with E-state index in [4.69, 9.17) is 1.37 Å². The molecule has 0 bridgehead atoms. The molecule has 0 saturated heterocycles. The highest BCUT2D eigenvalue weighted by atomic mass is 14.0. The van der Waals surface area contributed by atoms with E-state index in [0.29, 0.717) is 0 Å². The lowest BCUT2D eigenvalue weighted by atomic mass is 10.0. The third kappa shape index (κ3) is 1.00. The Labute approximate surface area is 41.0 Å². The first-order valence-electron chi connectivity index (χ1n) is 3.21. The van der Waals surface area contributed by atoms with Gasteiger partial charge in [0.15, 0.2) is 0 Å². The molecule has 1 fully saturated rings. The molecule has 0 aliphatic heterocycles. The van der Waals surface area contributed by atoms with E-state index in [1.54, 1.807) is 0 Å². The highest BCUT2D eigenvalue weighted by molar-refractivity contribution is 4.69. The standard InChI is InChI=1S/C6H11/c1-2-4-6-5-3-1/h1H,2-6H2/i1T. The summed E-state index contributed by atoms with van der Waals surface area (Å²) in [5.41, 5.74) is 0. The largest absolute Gasteiger partial charge is 0.0533 e. The second kappa shape index (κ2) is 2.22. The molecule has 1 aliphatic carbocycles. The summed E-state index contributed by atoms with van der Waals surface area (Å²) < 4.78 is 7.19. The molecular weight excluding hydrogens is 72.1 g/mol. The van der Waals surface area contributed by atoms with Crippen LogP contribution in [0.25, 0.3) is 0 Å². The lowest BCUT2D eigenvalue weighted by Gasteiger charge is -2.05. The smallest absolute Gasteiger partial charge is 0.0306 e. The minimum absolute atomic E-state index is 0.964. The second-order valence-electron chi connectivity index (χ2n) is 1.81. The molecule has 0 aromatic heterocycles. The Morgan fingerprint density at radius 2 is 1.83 bits per heavy atom. The van der Waals surface area contributed by atoms with Gasteiger partial charge in [-0.2, -0.15) is 0 Å². The molecular formula is C6H11. The first-order chi connectivity index (χ1) is 3.39. The van der Waals surface area contributed by atoms with E-state index in [2.05, 4.69) is 0 Å². The quantitative estimate of drug-likeness (QED) is 0.423. The third-order valence-electron chi connectivity index (χ3n) is 1.21. The van der Waals surface area contributed by atoms with Gasteiger partial charge in [0.25, 0.3) is 0 Å². The van der Waals surface area contributed by atoms with Crippen LogP contribution in [0.1, 0.15) is 33.5 Å². The Morgan fingerprint density at radius 1 is 1.17 bits per heavy atom. The number of rotatable bonds is 0. The molecule has 0 unspecified atom stereocenters. The second-order valence-corrected chi connectivity index (χ2v) is 1.81. The van der Waals surface area contributed by atoms with Crippen molar-refractivity contribution < 1.29 is 1.37 Å². The maximum absolute atomic E-state index is 7.19. The predicted molar refractivity (Wildman–Crippen MR) is 27.4 cm³/mol. The Balaban J connectivity index is 2.12. The van der Waals surface area contributed by atoms with Crippen molar-refractivity contribution in [3.8, 4) is 0 Å². The molecule has 6 heavy (non-hydrogen) atoms. The third-order valence-corrected chi connectivity index (χ3v) is 1.21. The van der Waals surface area contributed by atoms with Crippen molar-refractivity contribution in [2.45, 2.75) is 32.1 Å². The van der Waals surface area contributed by atoms with Crippen LogP contribution in [-0.4, -0.2) is 0 Å². The van der Waals surface area contributed by atoms with Gasteiger partial charge in [0, 0.05) is 1.37 Å². The van der Waals surface area contributed by atoms with E-state index in [-0.39, 0.29) is 0 Å². The zero-order chi connectivity index (χ0) is 5.11. The van der Waals surface area contributed by atoms with E-state index in [9.17, 15) is 0 Å². The van der Waals surface area contributed by atoms with Gasteiger partial charge >= 0.3 is 0 Å². The van der Waals surface area contributed by atoms with Crippen LogP contribution in [0.3, 0.4) is 0 Å². The van der Waals surface area contributed by atoms with Crippen molar-refractivity contribution in [3.63, 3.8) is 0 Å². The van der Waals surface area contributed by atoms with E-state index in [1.807, 2.05) is 0 Å². The fourth-order valence-electron chi connectivity index (χ4n) is 0.802. The molecule has 1 rings (SSSR count). The van der Waals surface area contributed by atoms with Gasteiger partial charge in [-0.3, -0.25) is 0 Å². The summed E-state index contributed by atoms with van der Waals surface area (Å²) in [5.74, 6) is 0. The van der Waals surface area contributed by atoms with Crippen LogP contribution < -0.4 is 0 Å². The van der Waals surface area contributed by atoms with Crippen LogP contribution in [0.4, 0.5) is 0 Å². The van der Waals surface area contributed by atoms with E-state index in [0.717, 1.165) is 19.2 Å². The first kappa shape index (κ1) is 3.06. The van der Waals surface area contributed by atoms with Gasteiger partial charge < -0.3 is 0 Å². The van der Waals surface area contributed by atoms with Crippen molar-refractivity contribution in [2.24, 2.45) is 0 Å². The molecule has 0 aromatic carbocycles. The van der Waals surface area contributed by atoms with Crippen molar-refractivity contribution in [1.82, 2.24) is 0 Å². The molecule has 0 N–H and O–H groups in total. The van der Waals surface area contributed by atoms with E-state index < -0.39 is 0 Å². The summed E-state index contributed by atoms with van der Waals surface area (Å²) in [4.78, 5) is 0. The van der Waals surface area contributed by atoms with Gasteiger partial charge in [-0.25, -0.2) is 0 Å². The lowest BCUT2D eigenvalue weighted by molar-refractivity contribution is 0.593. The van der Waals surface area contributed by atoms with Crippen LogP contribution in [0.2, 0.25) is 0 Å². The van der Waals surface area contributed by atoms with Gasteiger partial charge in [0.2, 0.25) is 0 Å². The number of hydrogen-bond acceptors (Lipinski definition) is 0. The topological polar surface area (TPSA) is 0 Å². The molecule has 1 radical (unpaired) electrons. The maximum atomic E-state index is 7.19. The van der Waals surface area contributed by atoms with E-state index in [1.165, 1.54) is 19.3 Å². The van der Waals surface area contributed by atoms with Crippen LogP contribution in [-0.2, 0) is 0 Å². The summed E-state index contributed by atoms with van der Waals surface area (Å²) in [7, 11) is 0. The first-order valence-corrected chi connectivity index (χ1v) is 2.71. The van der Waals surface area contributed by atoms with Crippen molar-refractivity contribution in [2.75, 3.05) is 0 Å². The zero-order valence-electron chi connectivity index (χ0n) is 5.04. The monoisotopic (exact) mass is 85.1 g/mol. The summed E-state index contributed by atoms with van der Waals surface area (Å²) in [6.45, 7) is 0. The molecule has 0 heteroatoms. The van der Waals surface area contributed by atoms with E-state index >= 15 is 0 Å². The molecule has 35 valence electrons. The number of hydrogen-bond donors (Lipinski definition) is 0. The molecule has 1 aliphatic rings. The minimum Gasteiger partial charge on any atom is -0.0533 e. The van der Waals surface area contributed by atoms with Gasteiger partial charge in [0.1, 0.15) is 0 Å². The highest BCUT2D eigenvalue weighted by Crippen LogP contribution is 2.14. The molecule has 0 aromatic rings. The summed E-state index contributed by atoms with van der Waals surface area (Å²) in [5, 5.41) is 0. The highest BCUT2D eigenvalue weighted by Gasteiger charge is 1.95. The molecule has 0 heterocycles. The van der Waals surface area contributed by atoms with Crippen LogP contribution in [0.15, 0.2) is 0 Å². The molecule has 0 spiro atoms. The maximum Gasteiger partial charge on any atom is 0.0306 e. The fraction of sp³-hybridized carbons (Fsp3) is 0.833. The SMILES string of the molecule is [3H][C]1CCCCC1. The molecule has 0 amide bonds. The van der Waals surface area contributed by atoms with Gasteiger partial charge in [0.05, 0.1) is 0 Å². The zero-order valence-corrected chi connectivity index (χ0v) is 4.04. The molecule has 0 nitrogen and oxygen atoms in total. The summed E-state index contributed by atoms with van der Waals surface area (Å²) in [6.07, 6.45) is 6.98. The normalized spacial score (nSPS) is 29.7. The Kier molecular flexibility index (Phi) is 1.13. The van der Waals surface area contributed by atoms with Crippen LogP contribution >= 0.6 is 0 Å². The van der Waals surface area contributed by atoms with Gasteiger partial charge in [-0.05, 0) is 6.40 Å². The average molecular weight is 85.2 g/mol. The molecule has 1 saturated carbocycles. The summed E-state index contributed by atoms with van der Waals surface area (Å²) in [6, 6.07) is 0. The fourth-order valence-corrected chi connectivity index (χ4v) is 0.802. The van der Waals surface area contributed by atoms with Crippen LogP contribution in [0, 0.1) is 6.40 Å². The van der Waals surface area contributed by atoms with Crippen LogP contribution in [0.5, 0.6) is 0 Å².